The van der Waals surface area contributed by atoms with Gasteiger partial charge >= 0.3 is 12.0 Å². The molecule has 0 radical (unpaired) electrons. The highest BCUT2D eigenvalue weighted by molar-refractivity contribution is 5.77. The fourth-order valence-corrected chi connectivity index (χ4v) is 3.82. The molecule has 18 heavy (non-hydrogen) atoms. The maximum absolute atomic E-state index is 12.1. The standard InChI is InChI=1S/C13H20N2O3/c16-12(17)10-3-4-15(7-10)13(18)14-11-6-8-1-2-9(11)5-8/h8-11H,1-7H2,(H,14,18)(H,16,17). The van der Waals surface area contributed by atoms with Gasteiger partial charge in [-0.05, 0) is 37.5 Å². The molecule has 0 aromatic rings. The molecule has 4 unspecified atom stereocenters. The van der Waals surface area contributed by atoms with E-state index in [-0.39, 0.29) is 11.9 Å². The monoisotopic (exact) mass is 252 g/mol. The van der Waals surface area contributed by atoms with E-state index in [9.17, 15) is 9.59 Å². The quantitative estimate of drug-likeness (QED) is 0.778. The van der Waals surface area contributed by atoms with Crippen molar-refractivity contribution in [1.29, 1.82) is 0 Å². The van der Waals surface area contributed by atoms with Crippen molar-refractivity contribution in [2.24, 2.45) is 17.8 Å². The van der Waals surface area contributed by atoms with E-state index in [0.29, 0.717) is 31.5 Å². The number of hydrogen-bond acceptors (Lipinski definition) is 2. The summed E-state index contributed by atoms with van der Waals surface area (Å²) in [6.07, 6.45) is 5.53. The molecule has 1 heterocycles. The number of carboxylic acids is 1. The van der Waals surface area contributed by atoms with Crippen LogP contribution in [0.5, 0.6) is 0 Å². The van der Waals surface area contributed by atoms with Crippen LogP contribution in [0.2, 0.25) is 0 Å². The molecule has 0 spiro atoms. The molecule has 1 saturated heterocycles. The molecule has 2 amide bonds. The molecular weight excluding hydrogens is 232 g/mol. The Kier molecular flexibility index (Phi) is 2.92. The fourth-order valence-electron chi connectivity index (χ4n) is 3.82. The van der Waals surface area contributed by atoms with E-state index < -0.39 is 5.97 Å². The Morgan fingerprint density at radius 2 is 2.00 bits per heavy atom. The Morgan fingerprint density at radius 1 is 1.17 bits per heavy atom. The Bertz CT molecular complexity index is 371. The average Bonchev–Trinajstić information content (AvgIpc) is 3.04. The van der Waals surface area contributed by atoms with Gasteiger partial charge < -0.3 is 15.3 Å². The lowest BCUT2D eigenvalue weighted by atomic mass is 9.95. The SMILES string of the molecule is O=C(O)C1CCN(C(=O)NC2CC3CCC2C3)C1. The van der Waals surface area contributed by atoms with E-state index in [4.69, 9.17) is 5.11 Å². The van der Waals surface area contributed by atoms with Gasteiger partial charge in [0.05, 0.1) is 5.92 Å². The minimum Gasteiger partial charge on any atom is -0.481 e. The summed E-state index contributed by atoms with van der Waals surface area (Å²) in [5.41, 5.74) is 0. The van der Waals surface area contributed by atoms with Gasteiger partial charge in [0.2, 0.25) is 0 Å². The van der Waals surface area contributed by atoms with Crippen molar-refractivity contribution in [3.63, 3.8) is 0 Å². The van der Waals surface area contributed by atoms with Gasteiger partial charge in [-0.25, -0.2) is 4.79 Å². The van der Waals surface area contributed by atoms with E-state index in [2.05, 4.69) is 5.32 Å². The maximum Gasteiger partial charge on any atom is 0.317 e. The van der Waals surface area contributed by atoms with Gasteiger partial charge in [0.25, 0.3) is 0 Å². The van der Waals surface area contributed by atoms with E-state index in [1.54, 1.807) is 4.90 Å². The van der Waals surface area contributed by atoms with Crippen LogP contribution in [0.15, 0.2) is 0 Å². The van der Waals surface area contributed by atoms with Gasteiger partial charge in [0.15, 0.2) is 0 Å². The third kappa shape index (κ3) is 2.06. The average molecular weight is 252 g/mol. The van der Waals surface area contributed by atoms with Crippen molar-refractivity contribution in [2.45, 2.75) is 38.1 Å². The molecule has 0 aromatic heterocycles. The zero-order chi connectivity index (χ0) is 12.7. The number of hydrogen-bond donors (Lipinski definition) is 2. The minimum atomic E-state index is -0.787. The van der Waals surface area contributed by atoms with Gasteiger partial charge in [-0.15, -0.1) is 0 Å². The first-order valence-corrected chi connectivity index (χ1v) is 6.91. The van der Waals surface area contributed by atoms with Gasteiger partial charge in [-0.1, -0.05) is 6.42 Å². The minimum absolute atomic E-state index is 0.0590. The lowest BCUT2D eigenvalue weighted by Gasteiger charge is -2.26. The molecule has 100 valence electrons. The van der Waals surface area contributed by atoms with Crippen LogP contribution >= 0.6 is 0 Å². The Labute approximate surface area is 107 Å². The van der Waals surface area contributed by atoms with Crippen LogP contribution in [0.3, 0.4) is 0 Å². The Hall–Kier alpha value is -1.26. The van der Waals surface area contributed by atoms with E-state index >= 15 is 0 Å². The third-order valence-electron chi connectivity index (χ3n) is 4.87. The number of nitrogens with zero attached hydrogens (tertiary/aromatic N) is 1. The molecule has 0 aromatic carbocycles. The van der Waals surface area contributed by atoms with Crippen LogP contribution in [-0.2, 0) is 4.79 Å². The summed E-state index contributed by atoms with van der Waals surface area (Å²) >= 11 is 0. The summed E-state index contributed by atoms with van der Waals surface area (Å²) in [6, 6.07) is 0.274. The van der Waals surface area contributed by atoms with Crippen LogP contribution in [0.4, 0.5) is 4.79 Å². The number of carboxylic acid groups (broad SMARTS) is 1. The number of carbonyl (C=O) groups excluding carboxylic acids is 1. The molecule has 2 saturated carbocycles. The molecule has 3 aliphatic rings. The first-order valence-electron chi connectivity index (χ1n) is 6.91. The molecule has 2 N–H and O–H groups in total. The first kappa shape index (κ1) is 11.8. The van der Waals surface area contributed by atoms with Crippen LogP contribution < -0.4 is 5.32 Å². The van der Waals surface area contributed by atoms with Crippen LogP contribution in [0.1, 0.15) is 32.1 Å². The maximum atomic E-state index is 12.1. The van der Waals surface area contributed by atoms with Gasteiger partial charge in [0, 0.05) is 19.1 Å². The van der Waals surface area contributed by atoms with E-state index in [0.717, 1.165) is 12.3 Å². The number of amides is 2. The molecule has 5 nitrogen and oxygen atoms in total. The predicted molar refractivity (Wildman–Crippen MR) is 65.1 cm³/mol. The van der Waals surface area contributed by atoms with Crippen molar-refractivity contribution in [3.8, 4) is 0 Å². The summed E-state index contributed by atoms with van der Waals surface area (Å²) in [7, 11) is 0. The van der Waals surface area contributed by atoms with Crippen molar-refractivity contribution in [1.82, 2.24) is 10.2 Å². The van der Waals surface area contributed by atoms with Crippen LogP contribution in [0.25, 0.3) is 0 Å². The molecule has 4 atom stereocenters. The summed E-state index contributed by atoms with van der Waals surface area (Å²) in [5.74, 6) is 0.309. The predicted octanol–water partition coefficient (Wildman–Crippen LogP) is 1.29. The first-order chi connectivity index (χ1) is 8.63. The number of aliphatic carboxylic acids is 1. The second-order valence-corrected chi connectivity index (χ2v) is 6.00. The van der Waals surface area contributed by atoms with E-state index in [1.165, 1.54) is 19.3 Å². The largest absolute Gasteiger partial charge is 0.481 e. The lowest BCUT2D eigenvalue weighted by Crippen LogP contribution is -2.46. The summed E-state index contributed by atoms with van der Waals surface area (Å²) in [6.45, 7) is 0.936. The normalized spacial score (nSPS) is 38.1. The van der Waals surface area contributed by atoms with Crippen molar-refractivity contribution in [3.05, 3.63) is 0 Å². The number of nitrogens with one attached hydrogen (secondary N) is 1. The number of rotatable bonds is 2. The smallest absolute Gasteiger partial charge is 0.317 e. The fraction of sp³-hybridized carbons (Fsp3) is 0.846. The van der Waals surface area contributed by atoms with Crippen LogP contribution in [0, 0.1) is 17.8 Å². The highest BCUT2D eigenvalue weighted by atomic mass is 16.4. The number of carbonyl (C=O) groups is 2. The number of likely N-dealkylation sites (tertiary alicyclic amines) is 1. The summed E-state index contributed by atoms with van der Waals surface area (Å²) < 4.78 is 0. The van der Waals surface area contributed by atoms with Crippen molar-refractivity contribution in [2.75, 3.05) is 13.1 Å². The van der Waals surface area contributed by atoms with Gasteiger partial charge in [0.1, 0.15) is 0 Å². The second-order valence-electron chi connectivity index (χ2n) is 6.00. The zero-order valence-corrected chi connectivity index (χ0v) is 10.5. The Morgan fingerprint density at radius 3 is 2.56 bits per heavy atom. The molecule has 5 heteroatoms. The molecule has 2 aliphatic carbocycles. The van der Waals surface area contributed by atoms with Crippen molar-refractivity contribution < 1.29 is 14.7 Å². The second kappa shape index (κ2) is 4.44. The van der Waals surface area contributed by atoms with Gasteiger partial charge in [-0.2, -0.15) is 0 Å². The lowest BCUT2D eigenvalue weighted by molar-refractivity contribution is -0.141. The highest BCUT2D eigenvalue weighted by Crippen LogP contribution is 2.44. The third-order valence-corrected chi connectivity index (χ3v) is 4.87. The zero-order valence-electron chi connectivity index (χ0n) is 10.5. The molecule has 3 rings (SSSR count). The molecular formula is C13H20N2O3. The van der Waals surface area contributed by atoms with Gasteiger partial charge in [-0.3, -0.25) is 4.79 Å². The molecule has 1 aliphatic heterocycles. The molecule has 3 fully saturated rings. The Balaban J connectivity index is 1.52. The number of urea groups is 1. The summed E-state index contributed by atoms with van der Waals surface area (Å²) in [5, 5.41) is 12.0. The molecule has 2 bridgehead atoms. The summed E-state index contributed by atoms with van der Waals surface area (Å²) in [4.78, 5) is 24.6. The van der Waals surface area contributed by atoms with Crippen molar-refractivity contribution >= 4 is 12.0 Å². The van der Waals surface area contributed by atoms with E-state index in [1.807, 2.05) is 0 Å². The number of fused-ring (bicyclic) bond motifs is 2. The van der Waals surface area contributed by atoms with Crippen LogP contribution in [-0.4, -0.2) is 41.1 Å². The topological polar surface area (TPSA) is 69.6 Å². The highest BCUT2D eigenvalue weighted by Gasteiger charge is 2.41.